The summed E-state index contributed by atoms with van der Waals surface area (Å²) in [6.07, 6.45) is 1.81. The molecule has 0 saturated heterocycles. The average Bonchev–Trinajstić information content (AvgIpc) is 3.01. The van der Waals surface area contributed by atoms with Gasteiger partial charge in [0.15, 0.2) is 10.7 Å². The van der Waals surface area contributed by atoms with E-state index in [1.54, 1.807) is 12.1 Å². The first-order valence-electron chi connectivity index (χ1n) is 9.48. The van der Waals surface area contributed by atoms with Crippen molar-refractivity contribution < 1.29 is 24.5 Å². The molecular weight excluding hydrogens is 416 g/mol. The van der Waals surface area contributed by atoms with Gasteiger partial charge in [-0.3, -0.25) is 0 Å². The van der Waals surface area contributed by atoms with Crippen molar-refractivity contribution in [3.63, 3.8) is 0 Å². The Labute approximate surface area is 183 Å². The number of hydrogen-bond donors (Lipinski definition) is 4. The Bertz CT molecular complexity index is 1210. The lowest BCUT2D eigenvalue weighted by Gasteiger charge is -2.36. The summed E-state index contributed by atoms with van der Waals surface area (Å²) < 4.78 is 12.0. The van der Waals surface area contributed by atoms with Crippen molar-refractivity contribution in [1.82, 2.24) is 5.32 Å². The maximum absolute atomic E-state index is 13.2. The van der Waals surface area contributed by atoms with Crippen molar-refractivity contribution in [2.75, 3.05) is 6.54 Å². The van der Waals surface area contributed by atoms with E-state index in [0.717, 1.165) is 0 Å². The fourth-order valence-electron chi connectivity index (χ4n) is 4.20. The summed E-state index contributed by atoms with van der Waals surface area (Å²) in [5.74, 6) is 0.199. The van der Waals surface area contributed by atoms with Gasteiger partial charge < -0.3 is 30.7 Å². The number of nitrogens with two attached hydrogens (primary N) is 1. The number of phenolic OH excluding ortho intramolecular Hbond substituents is 2. The molecule has 1 spiro atoms. The van der Waals surface area contributed by atoms with Gasteiger partial charge in [-0.05, 0) is 42.0 Å². The van der Waals surface area contributed by atoms with Gasteiger partial charge in [-0.1, -0.05) is 18.2 Å². The maximum atomic E-state index is 13.2. The van der Waals surface area contributed by atoms with Gasteiger partial charge in [0.25, 0.3) is 0 Å². The van der Waals surface area contributed by atoms with Crippen LogP contribution in [0.3, 0.4) is 0 Å². The lowest BCUT2D eigenvalue weighted by molar-refractivity contribution is 0.0224. The average molecular weight is 433 g/mol. The highest BCUT2D eigenvalue weighted by Gasteiger charge is 2.54. The third-order valence-corrected chi connectivity index (χ3v) is 5.58. The van der Waals surface area contributed by atoms with Gasteiger partial charge in [0.1, 0.15) is 23.0 Å². The predicted octanol–water partition coefficient (Wildman–Crippen LogP) is 3.05. The fourth-order valence-corrected chi connectivity index (χ4v) is 4.29. The number of nitrogens with one attached hydrogen (secondary N) is 1. The Kier molecular flexibility index (Phi) is 4.26. The molecule has 0 saturated carbocycles. The predicted molar refractivity (Wildman–Crippen MR) is 116 cm³/mol. The van der Waals surface area contributed by atoms with Crippen LogP contribution in [-0.2, 0) is 10.3 Å². The number of esters is 1. The van der Waals surface area contributed by atoms with E-state index in [2.05, 4.69) is 5.32 Å². The van der Waals surface area contributed by atoms with Gasteiger partial charge in [0.2, 0.25) is 0 Å². The molecule has 0 amide bonds. The standard InChI is InChI=1S/C23H17N2O5S/c24-22(31)25-9-8-12-2-1-3-17-20(12)21(28)30-23(17)15-6-4-13(26)10-18(15)29-19-11-14(27)5-7-16(19)23/h1-8,10-11,26-27H,9H2,(H3,24,25,31). The van der Waals surface area contributed by atoms with Crippen LogP contribution < -0.4 is 15.8 Å². The molecule has 0 bridgehead atoms. The van der Waals surface area contributed by atoms with Crippen LogP contribution in [0, 0.1) is 6.42 Å². The van der Waals surface area contributed by atoms with E-state index < -0.39 is 11.6 Å². The maximum Gasteiger partial charge on any atom is 0.340 e. The van der Waals surface area contributed by atoms with E-state index in [0.29, 0.717) is 45.9 Å². The number of thiocarbonyl (C=S) groups is 1. The molecule has 0 atom stereocenters. The van der Waals surface area contributed by atoms with Crippen molar-refractivity contribution in [2.24, 2.45) is 5.73 Å². The second kappa shape index (κ2) is 6.88. The van der Waals surface area contributed by atoms with Crippen molar-refractivity contribution in [3.8, 4) is 23.0 Å². The minimum absolute atomic E-state index is 0.00737. The summed E-state index contributed by atoms with van der Waals surface area (Å²) in [5.41, 5.74) is 7.11. The zero-order valence-electron chi connectivity index (χ0n) is 16.1. The van der Waals surface area contributed by atoms with E-state index in [9.17, 15) is 15.0 Å². The number of hydrogen-bond acceptors (Lipinski definition) is 6. The zero-order chi connectivity index (χ0) is 21.8. The van der Waals surface area contributed by atoms with E-state index in [4.69, 9.17) is 27.4 Å². The molecule has 1 radical (unpaired) electrons. The Balaban J connectivity index is 1.74. The van der Waals surface area contributed by atoms with Gasteiger partial charge in [-0.25, -0.2) is 4.79 Å². The number of aromatic hydroxyl groups is 2. The van der Waals surface area contributed by atoms with Crippen LogP contribution in [0.15, 0.2) is 54.6 Å². The lowest BCUT2D eigenvalue weighted by atomic mass is 9.77. The van der Waals surface area contributed by atoms with Crippen LogP contribution >= 0.6 is 12.2 Å². The molecule has 2 aliphatic rings. The van der Waals surface area contributed by atoms with Gasteiger partial charge in [0, 0.05) is 41.8 Å². The normalized spacial score (nSPS) is 14.8. The van der Waals surface area contributed by atoms with E-state index in [-0.39, 0.29) is 16.6 Å². The second-order valence-corrected chi connectivity index (χ2v) is 7.69. The summed E-state index contributed by atoms with van der Waals surface area (Å²) in [4.78, 5) is 13.2. The third kappa shape index (κ3) is 2.87. The van der Waals surface area contributed by atoms with Crippen molar-refractivity contribution in [1.29, 1.82) is 0 Å². The second-order valence-electron chi connectivity index (χ2n) is 7.25. The lowest BCUT2D eigenvalue weighted by Crippen LogP contribution is -2.32. The molecular formula is C23H17N2O5S. The number of rotatable bonds is 3. The van der Waals surface area contributed by atoms with E-state index in [1.165, 1.54) is 24.3 Å². The molecule has 0 aliphatic carbocycles. The highest BCUT2D eigenvalue weighted by atomic mass is 32.1. The van der Waals surface area contributed by atoms with Crippen LogP contribution in [0.25, 0.3) is 0 Å². The van der Waals surface area contributed by atoms with Crippen LogP contribution in [0.1, 0.15) is 32.6 Å². The van der Waals surface area contributed by atoms with Gasteiger partial charge in [-0.15, -0.1) is 0 Å². The molecule has 5 N–H and O–H groups in total. The number of ether oxygens (including phenoxy) is 2. The first kappa shape index (κ1) is 19.2. The van der Waals surface area contributed by atoms with Gasteiger partial charge in [0.05, 0.1) is 5.56 Å². The summed E-state index contributed by atoms with van der Waals surface area (Å²) >= 11 is 4.84. The first-order valence-corrected chi connectivity index (χ1v) is 9.89. The van der Waals surface area contributed by atoms with Crippen LogP contribution in [0.5, 0.6) is 23.0 Å². The quantitative estimate of drug-likeness (QED) is 0.368. The fraction of sp³-hybridized carbons (Fsp3) is 0.0870. The molecule has 8 heteroatoms. The highest BCUT2D eigenvalue weighted by Crippen LogP contribution is 2.57. The number of phenols is 2. The molecule has 0 aromatic heterocycles. The Hall–Kier alpha value is -3.78. The minimum atomic E-state index is -1.28. The Morgan fingerprint density at radius 2 is 1.68 bits per heavy atom. The molecule has 3 aromatic carbocycles. The summed E-state index contributed by atoms with van der Waals surface area (Å²) in [6, 6.07) is 14.8. The summed E-state index contributed by atoms with van der Waals surface area (Å²) in [5, 5.41) is 23.0. The molecule has 0 fully saturated rings. The topological polar surface area (TPSA) is 114 Å². The summed E-state index contributed by atoms with van der Waals surface area (Å²) in [7, 11) is 0. The van der Waals surface area contributed by atoms with Gasteiger partial charge in [-0.2, -0.15) is 0 Å². The molecule has 3 aromatic rings. The van der Waals surface area contributed by atoms with E-state index >= 15 is 0 Å². The van der Waals surface area contributed by atoms with Crippen molar-refractivity contribution >= 4 is 23.3 Å². The SMILES string of the molecule is NC(=S)NC[CH]c1cccc2c1C(=O)OC21c2ccc(O)cc2Oc2cc(O)ccc21. The molecule has 2 aliphatic heterocycles. The smallest absolute Gasteiger partial charge is 0.340 e. The zero-order valence-corrected chi connectivity index (χ0v) is 16.9. The third-order valence-electron chi connectivity index (χ3n) is 5.43. The Morgan fingerprint density at radius 1 is 1.03 bits per heavy atom. The van der Waals surface area contributed by atoms with Crippen LogP contribution in [0.2, 0.25) is 0 Å². The molecule has 2 heterocycles. The van der Waals surface area contributed by atoms with Crippen molar-refractivity contribution in [3.05, 3.63) is 88.8 Å². The van der Waals surface area contributed by atoms with Crippen LogP contribution in [-0.4, -0.2) is 27.8 Å². The molecule has 5 rings (SSSR count). The molecule has 7 nitrogen and oxygen atoms in total. The number of benzene rings is 3. The monoisotopic (exact) mass is 433 g/mol. The van der Waals surface area contributed by atoms with Crippen LogP contribution in [0.4, 0.5) is 0 Å². The number of fused-ring (bicyclic) bond motifs is 6. The van der Waals surface area contributed by atoms with E-state index in [1.807, 2.05) is 24.6 Å². The van der Waals surface area contributed by atoms with Crippen molar-refractivity contribution in [2.45, 2.75) is 5.60 Å². The minimum Gasteiger partial charge on any atom is -0.508 e. The number of carbonyl (C=O) groups excluding carboxylic acids is 1. The van der Waals surface area contributed by atoms with Gasteiger partial charge >= 0.3 is 5.97 Å². The first-order chi connectivity index (χ1) is 14.9. The number of carbonyl (C=O) groups is 1. The molecule has 155 valence electrons. The highest BCUT2D eigenvalue weighted by molar-refractivity contribution is 7.80. The molecule has 31 heavy (non-hydrogen) atoms. The largest absolute Gasteiger partial charge is 0.508 e. The summed E-state index contributed by atoms with van der Waals surface area (Å²) in [6.45, 7) is 0.351. The molecule has 0 unspecified atom stereocenters. The Morgan fingerprint density at radius 3 is 2.29 bits per heavy atom.